The number of anilines is 2. The number of ether oxygens (including phenoxy) is 3. The summed E-state index contributed by atoms with van der Waals surface area (Å²) in [6.45, 7) is 1.78. The molecule has 0 saturated heterocycles. The topological polar surface area (TPSA) is 115 Å². The van der Waals surface area contributed by atoms with Crippen LogP contribution in [0.25, 0.3) is 6.08 Å². The van der Waals surface area contributed by atoms with Crippen molar-refractivity contribution in [2.24, 2.45) is 0 Å². The van der Waals surface area contributed by atoms with Crippen LogP contribution < -0.4 is 30.2 Å². The number of nitrogens with one attached hydrogen (secondary N) is 3. The number of halogens is 1. The smallest absolute Gasteiger partial charge is 0.272 e. The first kappa shape index (κ1) is 33.0. The van der Waals surface area contributed by atoms with E-state index in [2.05, 4.69) is 16.0 Å². The number of methoxy groups -OCH3 is 3. The highest BCUT2D eigenvalue weighted by Gasteiger charge is 2.19. The van der Waals surface area contributed by atoms with Gasteiger partial charge in [0.15, 0.2) is 0 Å². The van der Waals surface area contributed by atoms with Crippen molar-refractivity contribution >= 4 is 58.5 Å². The van der Waals surface area contributed by atoms with Gasteiger partial charge in [0.2, 0.25) is 5.91 Å². The highest BCUT2D eigenvalue weighted by atomic mass is 35.5. The SMILES string of the molecule is COc1ccc(OC)c(/C=C(/NC(=O)c2ccccc2)C(=O)Nc2cccc(SC(C)C(=O)Nc3ccc(OC)c(Cl)c3)c2)c1. The molecule has 0 spiro atoms. The molecule has 1 unspecified atom stereocenters. The zero-order valence-corrected chi connectivity index (χ0v) is 26.6. The van der Waals surface area contributed by atoms with Crippen LogP contribution in [-0.2, 0) is 9.59 Å². The highest BCUT2D eigenvalue weighted by Crippen LogP contribution is 2.30. The summed E-state index contributed by atoms with van der Waals surface area (Å²) < 4.78 is 16.0. The van der Waals surface area contributed by atoms with Crippen molar-refractivity contribution < 1.29 is 28.6 Å². The number of carbonyl (C=O) groups excluding carboxylic acids is 3. The minimum atomic E-state index is -0.562. The normalized spacial score (nSPS) is 11.6. The van der Waals surface area contributed by atoms with Gasteiger partial charge < -0.3 is 30.2 Å². The van der Waals surface area contributed by atoms with Gasteiger partial charge in [-0.15, -0.1) is 11.8 Å². The van der Waals surface area contributed by atoms with E-state index in [0.29, 0.717) is 44.8 Å². The summed E-state index contributed by atoms with van der Waals surface area (Å²) in [5.74, 6) is 0.300. The molecule has 0 bridgehead atoms. The fraction of sp³-hybridized carbons (Fsp3) is 0.147. The van der Waals surface area contributed by atoms with Gasteiger partial charge in [-0.05, 0) is 79.7 Å². The zero-order valence-electron chi connectivity index (χ0n) is 25.1. The van der Waals surface area contributed by atoms with Gasteiger partial charge in [-0.1, -0.05) is 35.9 Å². The molecular formula is C34H32ClN3O6S. The van der Waals surface area contributed by atoms with Crippen molar-refractivity contribution in [3.05, 3.63) is 113 Å². The summed E-state index contributed by atoms with van der Waals surface area (Å²) in [6, 6.07) is 25.8. The summed E-state index contributed by atoms with van der Waals surface area (Å²) in [6.07, 6.45) is 1.52. The average Bonchev–Trinajstić information content (AvgIpc) is 3.05. The van der Waals surface area contributed by atoms with Crippen molar-refractivity contribution in [2.45, 2.75) is 17.1 Å². The van der Waals surface area contributed by atoms with E-state index in [1.807, 2.05) is 6.07 Å². The first-order valence-electron chi connectivity index (χ1n) is 13.7. The molecule has 0 heterocycles. The van der Waals surface area contributed by atoms with Crippen LogP contribution in [0.3, 0.4) is 0 Å². The minimum absolute atomic E-state index is 0.0145. The Bertz CT molecular complexity index is 1710. The quantitative estimate of drug-likeness (QED) is 0.113. The van der Waals surface area contributed by atoms with Gasteiger partial charge in [0.25, 0.3) is 11.8 Å². The van der Waals surface area contributed by atoms with E-state index in [4.69, 9.17) is 25.8 Å². The van der Waals surface area contributed by atoms with Crippen molar-refractivity contribution in [2.75, 3.05) is 32.0 Å². The number of hydrogen-bond acceptors (Lipinski definition) is 7. The zero-order chi connectivity index (χ0) is 32.3. The monoisotopic (exact) mass is 645 g/mol. The molecular weight excluding hydrogens is 614 g/mol. The maximum absolute atomic E-state index is 13.6. The number of rotatable bonds is 12. The Morgan fingerprint density at radius 3 is 2.18 bits per heavy atom. The minimum Gasteiger partial charge on any atom is -0.497 e. The average molecular weight is 646 g/mol. The van der Waals surface area contributed by atoms with Crippen molar-refractivity contribution in [3.8, 4) is 17.2 Å². The standard InChI is InChI=1S/C34H32ClN3O6S/c1-21(32(39)36-25-13-15-31(44-4)28(35)20-25)45-27-12-8-11-24(19-27)37-34(41)29(38-33(40)22-9-6-5-7-10-22)18-23-17-26(42-2)14-16-30(23)43-3/h5-21H,1-4H3,(H,36,39)(H,37,41)(H,38,40)/b29-18+. The van der Waals surface area contributed by atoms with Gasteiger partial charge in [-0.25, -0.2) is 0 Å². The van der Waals surface area contributed by atoms with E-state index in [1.54, 1.807) is 91.9 Å². The largest absolute Gasteiger partial charge is 0.497 e. The molecule has 1 atom stereocenters. The van der Waals surface area contributed by atoms with Gasteiger partial charge in [-0.3, -0.25) is 14.4 Å². The highest BCUT2D eigenvalue weighted by molar-refractivity contribution is 8.00. The molecule has 232 valence electrons. The third kappa shape index (κ3) is 9.04. The number of carbonyl (C=O) groups is 3. The van der Waals surface area contributed by atoms with Crippen LogP contribution >= 0.6 is 23.4 Å². The third-order valence-electron chi connectivity index (χ3n) is 6.46. The van der Waals surface area contributed by atoms with Crippen molar-refractivity contribution in [1.82, 2.24) is 5.32 Å². The van der Waals surface area contributed by atoms with E-state index in [-0.39, 0.29) is 11.6 Å². The van der Waals surface area contributed by atoms with Crippen LogP contribution in [0.1, 0.15) is 22.8 Å². The van der Waals surface area contributed by atoms with Crippen LogP contribution in [0.2, 0.25) is 5.02 Å². The molecule has 3 amide bonds. The van der Waals surface area contributed by atoms with Gasteiger partial charge in [0.05, 0.1) is 31.6 Å². The predicted molar refractivity (Wildman–Crippen MR) is 178 cm³/mol. The van der Waals surface area contributed by atoms with Gasteiger partial charge in [0, 0.05) is 27.4 Å². The molecule has 9 nitrogen and oxygen atoms in total. The summed E-state index contributed by atoms with van der Waals surface area (Å²) in [4.78, 5) is 40.3. The number of benzene rings is 4. The molecule has 4 rings (SSSR count). The molecule has 0 radical (unpaired) electrons. The Kier molecular flexibility index (Phi) is 11.5. The van der Waals surface area contributed by atoms with E-state index in [0.717, 1.165) is 4.90 Å². The fourth-order valence-corrected chi connectivity index (χ4v) is 5.33. The summed E-state index contributed by atoms with van der Waals surface area (Å²) in [7, 11) is 4.56. The molecule has 4 aromatic rings. The Morgan fingerprint density at radius 2 is 1.49 bits per heavy atom. The second-order valence-corrected chi connectivity index (χ2v) is 11.4. The molecule has 0 saturated carbocycles. The van der Waals surface area contributed by atoms with Crippen LogP contribution in [0.15, 0.2) is 102 Å². The lowest BCUT2D eigenvalue weighted by molar-refractivity contribution is -0.115. The summed E-state index contributed by atoms with van der Waals surface area (Å²) in [5.41, 5.74) is 1.91. The predicted octanol–water partition coefficient (Wildman–Crippen LogP) is 6.89. The molecule has 0 fully saturated rings. The Hall–Kier alpha value is -4.93. The molecule has 45 heavy (non-hydrogen) atoms. The van der Waals surface area contributed by atoms with Crippen molar-refractivity contribution in [3.63, 3.8) is 0 Å². The van der Waals surface area contributed by atoms with Gasteiger partial charge >= 0.3 is 0 Å². The Balaban J connectivity index is 1.52. The van der Waals surface area contributed by atoms with Crippen LogP contribution in [0, 0.1) is 0 Å². The van der Waals surface area contributed by atoms with E-state index in [9.17, 15) is 14.4 Å². The van der Waals surface area contributed by atoms with E-state index >= 15 is 0 Å². The van der Waals surface area contributed by atoms with Crippen LogP contribution in [-0.4, -0.2) is 44.3 Å². The lowest BCUT2D eigenvalue weighted by atomic mass is 10.1. The lowest BCUT2D eigenvalue weighted by Crippen LogP contribution is -2.30. The second kappa shape index (κ2) is 15.7. The Labute approximate surface area is 270 Å². The van der Waals surface area contributed by atoms with E-state index < -0.39 is 17.1 Å². The number of hydrogen-bond donors (Lipinski definition) is 3. The molecule has 0 aliphatic carbocycles. The summed E-state index contributed by atoms with van der Waals surface area (Å²) >= 11 is 7.50. The van der Waals surface area contributed by atoms with Gasteiger partial charge in [-0.2, -0.15) is 0 Å². The fourth-order valence-electron chi connectivity index (χ4n) is 4.14. The third-order valence-corrected chi connectivity index (χ3v) is 7.85. The molecule has 0 aliphatic rings. The van der Waals surface area contributed by atoms with Gasteiger partial charge in [0.1, 0.15) is 22.9 Å². The molecule has 0 aliphatic heterocycles. The maximum atomic E-state index is 13.6. The molecule has 0 aromatic heterocycles. The molecule has 4 aromatic carbocycles. The van der Waals surface area contributed by atoms with Crippen LogP contribution in [0.4, 0.5) is 11.4 Å². The van der Waals surface area contributed by atoms with E-state index in [1.165, 1.54) is 39.2 Å². The number of amides is 3. The first-order valence-corrected chi connectivity index (χ1v) is 15.0. The molecule has 11 heteroatoms. The number of thioether (sulfide) groups is 1. The second-order valence-electron chi connectivity index (χ2n) is 9.57. The molecule has 3 N–H and O–H groups in total. The lowest BCUT2D eigenvalue weighted by Gasteiger charge is -2.15. The van der Waals surface area contributed by atoms with Crippen LogP contribution in [0.5, 0.6) is 17.2 Å². The Morgan fingerprint density at radius 1 is 0.778 bits per heavy atom. The first-order chi connectivity index (χ1) is 21.7. The summed E-state index contributed by atoms with van der Waals surface area (Å²) in [5, 5.41) is 8.34. The maximum Gasteiger partial charge on any atom is 0.272 e. The van der Waals surface area contributed by atoms with Crippen molar-refractivity contribution in [1.29, 1.82) is 0 Å².